The summed E-state index contributed by atoms with van der Waals surface area (Å²) in [6.45, 7) is 3.31. The van der Waals surface area contributed by atoms with E-state index < -0.39 is 6.10 Å². The molecule has 0 bridgehead atoms. The first-order valence-corrected chi connectivity index (χ1v) is 7.82. The molecule has 1 aliphatic rings. The first kappa shape index (κ1) is 16.8. The van der Waals surface area contributed by atoms with Crippen LogP contribution in [-0.2, 0) is 16.1 Å². The van der Waals surface area contributed by atoms with Crippen molar-refractivity contribution in [3.05, 3.63) is 29.8 Å². The van der Waals surface area contributed by atoms with Gasteiger partial charge in [-0.1, -0.05) is 12.1 Å². The molecule has 1 aromatic carbocycles. The van der Waals surface area contributed by atoms with E-state index in [0.29, 0.717) is 13.1 Å². The maximum atomic E-state index is 12.2. The van der Waals surface area contributed by atoms with Crippen molar-refractivity contribution in [1.29, 1.82) is 0 Å². The minimum absolute atomic E-state index is 0.0868. The average molecular weight is 306 g/mol. The van der Waals surface area contributed by atoms with E-state index >= 15 is 0 Å². The molecule has 122 valence electrons. The van der Waals surface area contributed by atoms with Crippen molar-refractivity contribution in [2.45, 2.75) is 38.5 Å². The van der Waals surface area contributed by atoms with Crippen LogP contribution in [0.2, 0.25) is 0 Å². The molecular formula is C17H26N2O3. The zero-order valence-electron chi connectivity index (χ0n) is 13.7. The summed E-state index contributed by atoms with van der Waals surface area (Å²) >= 11 is 0. The lowest BCUT2D eigenvalue weighted by molar-refractivity contribution is -0.141. The van der Waals surface area contributed by atoms with E-state index in [1.54, 1.807) is 4.90 Å². The Labute approximate surface area is 132 Å². The molecule has 2 unspecified atom stereocenters. The maximum absolute atomic E-state index is 12.2. The van der Waals surface area contributed by atoms with E-state index in [1.807, 2.05) is 43.3 Å². The van der Waals surface area contributed by atoms with Crippen molar-refractivity contribution in [3.8, 4) is 0 Å². The molecule has 1 saturated heterocycles. The molecule has 0 aliphatic carbocycles. The van der Waals surface area contributed by atoms with Gasteiger partial charge in [-0.25, -0.2) is 0 Å². The Hall–Kier alpha value is -1.59. The van der Waals surface area contributed by atoms with Crippen molar-refractivity contribution < 1.29 is 14.6 Å². The number of hydrogen-bond acceptors (Lipinski definition) is 4. The summed E-state index contributed by atoms with van der Waals surface area (Å²) in [5.41, 5.74) is 2.17. The van der Waals surface area contributed by atoms with Gasteiger partial charge in [-0.2, -0.15) is 0 Å². The van der Waals surface area contributed by atoms with Gasteiger partial charge in [-0.05, 0) is 37.5 Å². The molecule has 5 heteroatoms. The number of anilines is 1. The Morgan fingerprint density at radius 1 is 1.36 bits per heavy atom. The molecular weight excluding hydrogens is 280 g/mol. The molecule has 0 aromatic heterocycles. The van der Waals surface area contributed by atoms with E-state index in [9.17, 15) is 9.90 Å². The van der Waals surface area contributed by atoms with Gasteiger partial charge in [0, 0.05) is 39.5 Å². The van der Waals surface area contributed by atoms with E-state index in [-0.39, 0.29) is 12.0 Å². The highest BCUT2D eigenvalue weighted by Crippen LogP contribution is 2.18. The van der Waals surface area contributed by atoms with Gasteiger partial charge in [0.05, 0.1) is 6.10 Å². The summed E-state index contributed by atoms with van der Waals surface area (Å²) in [4.78, 5) is 16.0. The van der Waals surface area contributed by atoms with Crippen LogP contribution in [-0.4, -0.2) is 55.4 Å². The number of nitrogens with zero attached hydrogens (tertiary/aromatic N) is 2. The minimum Gasteiger partial charge on any atom is -0.384 e. The molecule has 1 aliphatic heterocycles. The van der Waals surface area contributed by atoms with Gasteiger partial charge in [0.25, 0.3) is 5.91 Å². The van der Waals surface area contributed by atoms with Gasteiger partial charge in [0.15, 0.2) is 0 Å². The lowest BCUT2D eigenvalue weighted by Crippen LogP contribution is -2.41. The first-order chi connectivity index (χ1) is 10.5. The Kier molecular flexibility index (Phi) is 5.80. The summed E-state index contributed by atoms with van der Waals surface area (Å²) in [5.74, 6) is -0.243. The highest BCUT2D eigenvalue weighted by Gasteiger charge is 2.24. The van der Waals surface area contributed by atoms with E-state index in [2.05, 4.69) is 0 Å². The SMILES string of the molecule is CC(O)C(=O)N(Cc1ccc(N(C)C)cc1)CC1CCCO1. The van der Waals surface area contributed by atoms with Crippen molar-refractivity contribution in [2.75, 3.05) is 32.1 Å². The van der Waals surface area contributed by atoms with Crippen LogP contribution in [0.5, 0.6) is 0 Å². The Balaban J connectivity index is 2.05. The van der Waals surface area contributed by atoms with E-state index in [0.717, 1.165) is 30.7 Å². The van der Waals surface area contributed by atoms with Gasteiger partial charge < -0.3 is 19.6 Å². The molecule has 0 radical (unpaired) electrons. The molecule has 0 spiro atoms. The van der Waals surface area contributed by atoms with Crippen LogP contribution >= 0.6 is 0 Å². The summed E-state index contributed by atoms with van der Waals surface area (Å²) in [5, 5.41) is 9.62. The second-order valence-electron chi connectivity index (χ2n) is 6.09. The predicted octanol–water partition coefficient (Wildman–Crippen LogP) is 1.64. The van der Waals surface area contributed by atoms with Crippen LogP contribution in [0.1, 0.15) is 25.3 Å². The van der Waals surface area contributed by atoms with Crippen LogP contribution in [0, 0.1) is 0 Å². The molecule has 1 N–H and O–H groups in total. The highest BCUT2D eigenvalue weighted by molar-refractivity contribution is 5.80. The highest BCUT2D eigenvalue weighted by atomic mass is 16.5. The quantitative estimate of drug-likeness (QED) is 0.868. The third kappa shape index (κ3) is 4.45. The number of aliphatic hydroxyl groups is 1. The third-order valence-corrected chi connectivity index (χ3v) is 3.94. The maximum Gasteiger partial charge on any atom is 0.251 e. The number of aliphatic hydroxyl groups excluding tert-OH is 1. The Morgan fingerprint density at radius 3 is 2.55 bits per heavy atom. The number of amides is 1. The zero-order chi connectivity index (χ0) is 16.1. The van der Waals surface area contributed by atoms with Crippen LogP contribution in [0.25, 0.3) is 0 Å². The van der Waals surface area contributed by atoms with Crippen LogP contribution in [0.4, 0.5) is 5.69 Å². The molecule has 1 heterocycles. The number of ether oxygens (including phenoxy) is 1. The zero-order valence-corrected chi connectivity index (χ0v) is 13.7. The van der Waals surface area contributed by atoms with Crippen LogP contribution in [0.15, 0.2) is 24.3 Å². The lowest BCUT2D eigenvalue weighted by Gasteiger charge is -2.27. The van der Waals surface area contributed by atoms with Gasteiger partial charge in [0.2, 0.25) is 0 Å². The second-order valence-corrected chi connectivity index (χ2v) is 6.09. The van der Waals surface area contributed by atoms with E-state index in [1.165, 1.54) is 6.92 Å². The van der Waals surface area contributed by atoms with Gasteiger partial charge >= 0.3 is 0 Å². The molecule has 0 saturated carbocycles. The first-order valence-electron chi connectivity index (χ1n) is 7.82. The normalized spacial score (nSPS) is 19.0. The van der Waals surface area contributed by atoms with Gasteiger partial charge in [0.1, 0.15) is 6.10 Å². The summed E-state index contributed by atoms with van der Waals surface area (Å²) < 4.78 is 5.62. The summed E-state index contributed by atoms with van der Waals surface area (Å²) in [7, 11) is 3.99. The van der Waals surface area contributed by atoms with Crippen LogP contribution in [0.3, 0.4) is 0 Å². The number of rotatable bonds is 6. The van der Waals surface area contributed by atoms with Gasteiger partial charge in [-0.15, -0.1) is 0 Å². The minimum atomic E-state index is -0.984. The number of benzene rings is 1. The fourth-order valence-corrected chi connectivity index (χ4v) is 2.65. The molecule has 22 heavy (non-hydrogen) atoms. The predicted molar refractivity (Wildman–Crippen MR) is 86.8 cm³/mol. The molecule has 1 amide bonds. The van der Waals surface area contributed by atoms with Gasteiger partial charge in [-0.3, -0.25) is 4.79 Å². The lowest BCUT2D eigenvalue weighted by atomic mass is 10.1. The molecule has 5 nitrogen and oxygen atoms in total. The molecule has 2 rings (SSSR count). The summed E-state index contributed by atoms with van der Waals surface area (Å²) in [6, 6.07) is 8.11. The van der Waals surface area contributed by atoms with Crippen molar-refractivity contribution in [1.82, 2.24) is 4.90 Å². The summed E-state index contributed by atoms with van der Waals surface area (Å²) in [6.07, 6.45) is 1.12. The number of carbonyl (C=O) groups excluding carboxylic acids is 1. The Bertz CT molecular complexity index is 479. The third-order valence-electron chi connectivity index (χ3n) is 3.94. The second kappa shape index (κ2) is 7.61. The Morgan fingerprint density at radius 2 is 2.05 bits per heavy atom. The molecule has 1 fully saturated rings. The largest absolute Gasteiger partial charge is 0.384 e. The number of carbonyl (C=O) groups is 1. The average Bonchev–Trinajstić information content (AvgIpc) is 2.99. The monoisotopic (exact) mass is 306 g/mol. The van der Waals surface area contributed by atoms with Crippen molar-refractivity contribution >= 4 is 11.6 Å². The smallest absolute Gasteiger partial charge is 0.251 e. The van der Waals surface area contributed by atoms with Crippen molar-refractivity contribution in [3.63, 3.8) is 0 Å². The van der Waals surface area contributed by atoms with E-state index in [4.69, 9.17) is 4.74 Å². The molecule has 2 atom stereocenters. The van der Waals surface area contributed by atoms with Crippen molar-refractivity contribution in [2.24, 2.45) is 0 Å². The molecule has 1 aromatic rings. The topological polar surface area (TPSA) is 53.0 Å². The fourth-order valence-electron chi connectivity index (χ4n) is 2.65. The number of hydrogen-bond donors (Lipinski definition) is 1. The van der Waals surface area contributed by atoms with Crippen LogP contribution < -0.4 is 4.90 Å². The fraction of sp³-hybridized carbons (Fsp3) is 0.588. The standard InChI is InChI=1S/C17H26N2O3/c1-13(20)17(21)19(12-16-5-4-10-22-16)11-14-6-8-15(9-7-14)18(2)3/h6-9,13,16,20H,4-5,10-12H2,1-3H3.